The van der Waals surface area contributed by atoms with E-state index < -0.39 is 4.92 Å². The Balaban J connectivity index is 1.96. The van der Waals surface area contributed by atoms with Crippen LogP contribution in [0.1, 0.15) is 102 Å². The fourth-order valence-corrected chi connectivity index (χ4v) is 3.26. The molecule has 6 heteroatoms. The van der Waals surface area contributed by atoms with Crippen molar-refractivity contribution in [1.29, 1.82) is 0 Å². The summed E-state index contributed by atoms with van der Waals surface area (Å²) >= 11 is 0. The van der Waals surface area contributed by atoms with Crippen LogP contribution in [0, 0.1) is 10.1 Å². The van der Waals surface area contributed by atoms with E-state index in [1.165, 1.54) is 89.0 Å². The van der Waals surface area contributed by atoms with Gasteiger partial charge < -0.3 is 0 Å². The van der Waals surface area contributed by atoms with E-state index in [-0.39, 0.29) is 11.6 Å². The highest BCUT2D eigenvalue weighted by Crippen LogP contribution is 2.13. The van der Waals surface area contributed by atoms with Crippen LogP contribution < -0.4 is 5.43 Å². The van der Waals surface area contributed by atoms with E-state index in [2.05, 4.69) is 17.5 Å². The molecule has 1 aromatic carbocycles. The van der Waals surface area contributed by atoms with Gasteiger partial charge >= 0.3 is 0 Å². The lowest BCUT2D eigenvalue weighted by Gasteiger charge is -2.03. The van der Waals surface area contributed by atoms with Gasteiger partial charge in [0.05, 0.1) is 11.1 Å². The van der Waals surface area contributed by atoms with E-state index in [0.29, 0.717) is 12.0 Å². The molecule has 162 valence electrons. The molecular weight excluding hydrogens is 366 g/mol. The van der Waals surface area contributed by atoms with Crippen molar-refractivity contribution in [1.82, 2.24) is 5.43 Å². The van der Waals surface area contributed by atoms with Gasteiger partial charge in [0.25, 0.3) is 5.69 Å². The van der Waals surface area contributed by atoms with E-state index in [1.54, 1.807) is 12.1 Å². The molecule has 0 bridgehead atoms. The normalized spacial score (nSPS) is 11.1. The summed E-state index contributed by atoms with van der Waals surface area (Å²) in [6, 6.07) is 6.14. The van der Waals surface area contributed by atoms with Gasteiger partial charge in [-0.3, -0.25) is 14.9 Å². The standard InChI is InChI=1S/C23H37N3O3/c1-2-3-4-5-6-7-8-9-10-11-12-13-14-18-23(27)25-24-20-21-16-15-17-22(19-21)26(28)29/h15-17,19-20H,2-14,18H2,1H3,(H,25,27)/b24-20-. The van der Waals surface area contributed by atoms with Crippen molar-refractivity contribution in [3.8, 4) is 0 Å². The lowest BCUT2D eigenvalue weighted by Crippen LogP contribution is -2.16. The number of carbonyl (C=O) groups excluding carboxylic acids is 1. The zero-order valence-electron chi connectivity index (χ0n) is 17.9. The van der Waals surface area contributed by atoms with Crippen LogP contribution in [0.4, 0.5) is 5.69 Å². The van der Waals surface area contributed by atoms with Crippen molar-refractivity contribution in [3.63, 3.8) is 0 Å². The average molecular weight is 404 g/mol. The number of carbonyl (C=O) groups is 1. The van der Waals surface area contributed by atoms with Crippen LogP contribution in [-0.4, -0.2) is 17.0 Å². The second-order valence-electron chi connectivity index (χ2n) is 7.64. The molecule has 0 radical (unpaired) electrons. The number of benzene rings is 1. The van der Waals surface area contributed by atoms with Gasteiger partial charge in [-0.1, -0.05) is 96.1 Å². The molecule has 1 amide bonds. The van der Waals surface area contributed by atoms with Gasteiger partial charge in [0.15, 0.2) is 0 Å². The fraction of sp³-hybridized carbons (Fsp3) is 0.652. The summed E-state index contributed by atoms with van der Waals surface area (Å²) in [6.45, 7) is 2.25. The fourth-order valence-electron chi connectivity index (χ4n) is 3.26. The van der Waals surface area contributed by atoms with Crippen LogP contribution in [0.2, 0.25) is 0 Å². The highest BCUT2D eigenvalue weighted by molar-refractivity contribution is 5.83. The highest BCUT2D eigenvalue weighted by Gasteiger charge is 2.04. The van der Waals surface area contributed by atoms with Gasteiger partial charge in [-0.05, 0) is 6.42 Å². The molecule has 0 spiro atoms. The zero-order valence-corrected chi connectivity index (χ0v) is 17.9. The maximum atomic E-state index is 11.8. The first kappa shape index (κ1) is 24.8. The first-order valence-electron chi connectivity index (χ1n) is 11.2. The van der Waals surface area contributed by atoms with Gasteiger partial charge in [-0.2, -0.15) is 5.10 Å². The largest absolute Gasteiger partial charge is 0.273 e. The predicted molar refractivity (Wildman–Crippen MR) is 119 cm³/mol. The minimum Gasteiger partial charge on any atom is -0.273 e. The molecule has 1 aromatic rings. The Bertz CT molecular complexity index is 617. The monoisotopic (exact) mass is 403 g/mol. The Morgan fingerprint density at radius 2 is 1.52 bits per heavy atom. The number of hydrogen-bond donors (Lipinski definition) is 1. The third-order valence-electron chi connectivity index (χ3n) is 4.99. The zero-order chi connectivity index (χ0) is 21.2. The van der Waals surface area contributed by atoms with E-state index in [9.17, 15) is 14.9 Å². The molecular formula is C23H37N3O3. The van der Waals surface area contributed by atoms with Gasteiger partial charge in [-0.25, -0.2) is 5.43 Å². The summed E-state index contributed by atoms with van der Waals surface area (Å²) in [7, 11) is 0. The molecule has 1 N–H and O–H groups in total. The number of hydrogen-bond acceptors (Lipinski definition) is 4. The molecule has 0 saturated carbocycles. The minimum atomic E-state index is -0.454. The lowest BCUT2D eigenvalue weighted by atomic mass is 10.0. The van der Waals surface area contributed by atoms with Crippen LogP contribution in [-0.2, 0) is 4.79 Å². The second-order valence-corrected chi connectivity index (χ2v) is 7.64. The Morgan fingerprint density at radius 1 is 0.966 bits per heavy atom. The molecule has 0 atom stereocenters. The van der Waals surface area contributed by atoms with Crippen molar-refractivity contribution < 1.29 is 9.72 Å². The van der Waals surface area contributed by atoms with Crippen LogP contribution in [0.5, 0.6) is 0 Å². The number of non-ortho nitro benzene ring substituents is 1. The molecule has 0 fully saturated rings. The lowest BCUT2D eigenvalue weighted by molar-refractivity contribution is -0.384. The summed E-state index contributed by atoms with van der Waals surface area (Å²) in [5, 5.41) is 14.6. The molecule has 0 aliphatic carbocycles. The van der Waals surface area contributed by atoms with Crippen LogP contribution in [0.15, 0.2) is 29.4 Å². The van der Waals surface area contributed by atoms with Gasteiger partial charge in [-0.15, -0.1) is 0 Å². The van der Waals surface area contributed by atoms with E-state index >= 15 is 0 Å². The number of unbranched alkanes of at least 4 members (excludes halogenated alkanes) is 12. The predicted octanol–water partition coefficient (Wildman–Crippen LogP) is 6.53. The smallest absolute Gasteiger partial charge is 0.270 e. The summed E-state index contributed by atoms with van der Waals surface area (Å²) in [6.07, 6.45) is 18.5. The minimum absolute atomic E-state index is 0.00671. The Hall–Kier alpha value is -2.24. The quantitative estimate of drug-likeness (QED) is 0.139. The summed E-state index contributed by atoms with van der Waals surface area (Å²) in [5.74, 6) is -0.116. The summed E-state index contributed by atoms with van der Waals surface area (Å²) < 4.78 is 0. The molecule has 1 rings (SSSR count). The third-order valence-corrected chi connectivity index (χ3v) is 4.99. The number of nitrogens with one attached hydrogen (secondary N) is 1. The van der Waals surface area contributed by atoms with Crippen molar-refractivity contribution >= 4 is 17.8 Å². The topological polar surface area (TPSA) is 84.6 Å². The molecule has 0 aliphatic heterocycles. The number of nitrogens with zero attached hydrogens (tertiary/aromatic N) is 2. The van der Waals surface area contributed by atoms with Gasteiger partial charge in [0.2, 0.25) is 5.91 Å². The number of rotatable bonds is 17. The molecule has 0 heterocycles. The molecule has 0 saturated heterocycles. The maximum absolute atomic E-state index is 11.8. The second kappa shape index (κ2) is 16.7. The van der Waals surface area contributed by atoms with Crippen molar-refractivity contribution in [2.75, 3.05) is 0 Å². The van der Waals surface area contributed by atoms with Crippen molar-refractivity contribution in [2.45, 2.75) is 96.8 Å². The SMILES string of the molecule is CCCCCCCCCCCCCCCC(=O)N/N=C\c1cccc([N+](=O)[O-])c1. The molecule has 6 nitrogen and oxygen atoms in total. The Kier molecular flexibility index (Phi) is 14.3. The first-order valence-corrected chi connectivity index (χ1v) is 11.2. The average Bonchev–Trinajstić information content (AvgIpc) is 2.71. The van der Waals surface area contributed by atoms with E-state index in [0.717, 1.165) is 12.8 Å². The first-order chi connectivity index (χ1) is 14.1. The number of hydrazone groups is 1. The van der Waals surface area contributed by atoms with Crippen molar-refractivity contribution in [2.24, 2.45) is 5.10 Å². The van der Waals surface area contributed by atoms with Crippen LogP contribution >= 0.6 is 0 Å². The van der Waals surface area contributed by atoms with Crippen LogP contribution in [0.3, 0.4) is 0 Å². The van der Waals surface area contributed by atoms with Crippen LogP contribution in [0.25, 0.3) is 0 Å². The third kappa shape index (κ3) is 13.6. The number of nitro groups is 1. The maximum Gasteiger partial charge on any atom is 0.270 e. The van der Waals surface area contributed by atoms with Crippen molar-refractivity contribution in [3.05, 3.63) is 39.9 Å². The van der Waals surface area contributed by atoms with E-state index in [4.69, 9.17) is 0 Å². The highest BCUT2D eigenvalue weighted by atomic mass is 16.6. The van der Waals surface area contributed by atoms with E-state index in [1.807, 2.05) is 0 Å². The summed E-state index contributed by atoms with van der Waals surface area (Å²) in [4.78, 5) is 22.1. The molecule has 0 aliphatic rings. The molecule has 0 unspecified atom stereocenters. The Morgan fingerprint density at radius 3 is 2.07 bits per heavy atom. The number of nitro benzene ring substituents is 1. The number of amides is 1. The molecule has 29 heavy (non-hydrogen) atoms. The molecule has 0 aromatic heterocycles. The van der Waals surface area contributed by atoms with Gasteiger partial charge in [0.1, 0.15) is 0 Å². The Labute approximate surface area is 175 Å². The van der Waals surface area contributed by atoms with Gasteiger partial charge in [0, 0.05) is 24.1 Å². The summed E-state index contributed by atoms with van der Waals surface area (Å²) in [5.41, 5.74) is 3.07.